The van der Waals surface area contributed by atoms with Crippen LogP contribution in [0.25, 0.3) is 11.0 Å². The summed E-state index contributed by atoms with van der Waals surface area (Å²) in [5.74, 6) is -3.71. The molecule has 0 aliphatic rings. The number of pyridine rings is 1. The summed E-state index contributed by atoms with van der Waals surface area (Å²) in [6.07, 6.45) is -2.02. The predicted molar refractivity (Wildman–Crippen MR) is 56.7 cm³/mol. The van der Waals surface area contributed by atoms with Crippen LogP contribution in [0.4, 0.5) is 13.2 Å². The normalized spacial score (nSPS) is 10.7. The van der Waals surface area contributed by atoms with Crippen LogP contribution in [0.15, 0.2) is 24.5 Å². The molecule has 0 saturated heterocycles. The third-order valence-electron chi connectivity index (χ3n) is 1.89. The van der Waals surface area contributed by atoms with E-state index in [2.05, 4.69) is 9.97 Å². The van der Waals surface area contributed by atoms with Crippen molar-refractivity contribution >= 4 is 23.0 Å². The zero-order valence-corrected chi connectivity index (χ0v) is 9.10. The van der Waals surface area contributed by atoms with Gasteiger partial charge in [-0.2, -0.15) is 13.2 Å². The molecule has 102 valence electrons. The van der Waals surface area contributed by atoms with Gasteiger partial charge in [-0.1, -0.05) is 0 Å². The zero-order valence-electron chi connectivity index (χ0n) is 9.10. The number of carboxylic acids is 2. The van der Waals surface area contributed by atoms with Gasteiger partial charge >= 0.3 is 18.1 Å². The average Bonchev–Trinajstić information content (AvgIpc) is 2.74. The lowest BCUT2D eigenvalue weighted by molar-refractivity contribution is -0.192. The summed E-state index contributed by atoms with van der Waals surface area (Å²) in [5, 5.41) is 16.6. The summed E-state index contributed by atoms with van der Waals surface area (Å²) in [6, 6.07) is 3.37. The number of H-pyrrole nitrogens is 1. The number of hydrogen-bond donors (Lipinski definition) is 3. The van der Waals surface area contributed by atoms with Gasteiger partial charge in [-0.3, -0.25) is 0 Å². The SMILES string of the molecule is O=C(O)C(F)(F)F.O=C(O)c1cnc2[nH]ccc2c1. The summed E-state index contributed by atoms with van der Waals surface area (Å²) in [4.78, 5) is 26.2. The number of fused-ring (bicyclic) bond motifs is 1. The van der Waals surface area contributed by atoms with E-state index >= 15 is 0 Å². The number of hydrogen-bond acceptors (Lipinski definition) is 3. The Morgan fingerprint density at radius 3 is 2.32 bits per heavy atom. The molecule has 2 aromatic heterocycles. The summed E-state index contributed by atoms with van der Waals surface area (Å²) in [5.41, 5.74) is 0.919. The molecule has 0 saturated carbocycles. The molecule has 6 nitrogen and oxygen atoms in total. The number of alkyl halides is 3. The van der Waals surface area contributed by atoms with Crippen molar-refractivity contribution in [3.05, 3.63) is 30.1 Å². The van der Waals surface area contributed by atoms with Gasteiger partial charge < -0.3 is 15.2 Å². The van der Waals surface area contributed by atoms with Crippen LogP contribution in [0.2, 0.25) is 0 Å². The van der Waals surface area contributed by atoms with E-state index in [4.69, 9.17) is 15.0 Å². The molecule has 0 aliphatic heterocycles. The summed E-state index contributed by atoms with van der Waals surface area (Å²) < 4.78 is 31.7. The van der Waals surface area contributed by atoms with Gasteiger partial charge in [0.1, 0.15) is 5.65 Å². The van der Waals surface area contributed by atoms with E-state index in [9.17, 15) is 18.0 Å². The van der Waals surface area contributed by atoms with Crippen LogP contribution in [0.1, 0.15) is 10.4 Å². The van der Waals surface area contributed by atoms with E-state index in [0.29, 0.717) is 5.65 Å². The van der Waals surface area contributed by atoms with Gasteiger partial charge in [-0.15, -0.1) is 0 Å². The monoisotopic (exact) mass is 276 g/mol. The van der Waals surface area contributed by atoms with E-state index in [1.165, 1.54) is 6.20 Å². The molecular formula is C10H7F3N2O4. The van der Waals surface area contributed by atoms with Gasteiger partial charge in [0, 0.05) is 17.8 Å². The molecule has 2 rings (SSSR count). The quantitative estimate of drug-likeness (QED) is 0.738. The number of aromatic amines is 1. The molecule has 3 N–H and O–H groups in total. The maximum absolute atomic E-state index is 10.6. The molecule has 2 heterocycles. The van der Waals surface area contributed by atoms with Gasteiger partial charge in [-0.05, 0) is 12.1 Å². The van der Waals surface area contributed by atoms with E-state index in [1.54, 1.807) is 18.3 Å². The minimum absolute atomic E-state index is 0.210. The number of rotatable bonds is 1. The Labute approximate surface area is 103 Å². The first-order valence-corrected chi connectivity index (χ1v) is 4.68. The fourth-order valence-electron chi connectivity index (χ4n) is 1.06. The van der Waals surface area contributed by atoms with E-state index < -0.39 is 18.1 Å². The molecule has 0 aromatic carbocycles. The molecule has 0 aliphatic carbocycles. The highest BCUT2D eigenvalue weighted by Gasteiger charge is 2.38. The lowest BCUT2D eigenvalue weighted by Crippen LogP contribution is -2.21. The third kappa shape index (κ3) is 3.98. The first-order chi connectivity index (χ1) is 8.71. The largest absolute Gasteiger partial charge is 0.490 e. The first-order valence-electron chi connectivity index (χ1n) is 4.68. The molecule has 0 unspecified atom stereocenters. The van der Waals surface area contributed by atoms with Gasteiger partial charge in [-0.25, -0.2) is 14.6 Å². The van der Waals surface area contributed by atoms with E-state index in [0.717, 1.165) is 5.39 Å². The maximum atomic E-state index is 10.6. The van der Waals surface area contributed by atoms with E-state index in [1.807, 2.05) is 0 Å². The molecule has 2 aromatic rings. The van der Waals surface area contributed by atoms with Crippen LogP contribution in [-0.2, 0) is 4.79 Å². The Kier molecular flexibility index (Phi) is 4.10. The molecule has 0 fully saturated rings. The Morgan fingerprint density at radius 1 is 1.26 bits per heavy atom. The number of halogens is 3. The lowest BCUT2D eigenvalue weighted by Gasteiger charge is -1.93. The topological polar surface area (TPSA) is 103 Å². The molecule has 0 radical (unpaired) electrons. The average molecular weight is 276 g/mol. The van der Waals surface area contributed by atoms with Crippen molar-refractivity contribution in [1.82, 2.24) is 9.97 Å². The number of carbonyl (C=O) groups is 2. The Morgan fingerprint density at radius 2 is 1.84 bits per heavy atom. The van der Waals surface area contributed by atoms with Crippen molar-refractivity contribution in [2.75, 3.05) is 0 Å². The number of aromatic nitrogens is 2. The molecule has 0 atom stereocenters. The van der Waals surface area contributed by atoms with Crippen molar-refractivity contribution in [3.8, 4) is 0 Å². The van der Waals surface area contributed by atoms with Crippen LogP contribution in [-0.4, -0.2) is 38.3 Å². The van der Waals surface area contributed by atoms with Crippen molar-refractivity contribution in [2.45, 2.75) is 6.18 Å². The molecule has 0 amide bonds. The van der Waals surface area contributed by atoms with Crippen molar-refractivity contribution in [3.63, 3.8) is 0 Å². The zero-order chi connectivity index (χ0) is 14.6. The van der Waals surface area contributed by atoms with E-state index in [-0.39, 0.29) is 5.56 Å². The highest BCUT2D eigenvalue weighted by molar-refractivity contribution is 5.91. The predicted octanol–water partition coefficient (Wildman–Crippen LogP) is 1.89. The first kappa shape index (κ1) is 14.5. The second-order valence-corrected chi connectivity index (χ2v) is 3.25. The Hall–Kier alpha value is -2.58. The van der Waals surface area contributed by atoms with Crippen LogP contribution in [0, 0.1) is 0 Å². The molecule has 0 spiro atoms. The fourth-order valence-corrected chi connectivity index (χ4v) is 1.06. The van der Waals surface area contributed by atoms with Crippen LogP contribution < -0.4 is 0 Å². The molecule has 9 heteroatoms. The molecule has 0 bridgehead atoms. The number of aliphatic carboxylic acids is 1. The van der Waals surface area contributed by atoms with Gasteiger partial charge in [0.05, 0.1) is 5.56 Å². The minimum Gasteiger partial charge on any atom is -0.478 e. The summed E-state index contributed by atoms with van der Waals surface area (Å²) in [7, 11) is 0. The van der Waals surface area contributed by atoms with Gasteiger partial charge in [0.15, 0.2) is 0 Å². The number of carboxylic acid groups (broad SMARTS) is 2. The second kappa shape index (κ2) is 5.38. The Bertz CT molecular complexity index is 606. The van der Waals surface area contributed by atoms with Gasteiger partial charge in [0.25, 0.3) is 0 Å². The summed E-state index contributed by atoms with van der Waals surface area (Å²) >= 11 is 0. The van der Waals surface area contributed by atoms with Crippen LogP contribution >= 0.6 is 0 Å². The molecule has 19 heavy (non-hydrogen) atoms. The van der Waals surface area contributed by atoms with Crippen LogP contribution in [0.3, 0.4) is 0 Å². The number of nitrogens with zero attached hydrogens (tertiary/aromatic N) is 1. The number of nitrogens with one attached hydrogen (secondary N) is 1. The number of aromatic carboxylic acids is 1. The van der Waals surface area contributed by atoms with Crippen LogP contribution in [0.5, 0.6) is 0 Å². The highest BCUT2D eigenvalue weighted by Crippen LogP contribution is 2.13. The maximum Gasteiger partial charge on any atom is 0.490 e. The highest BCUT2D eigenvalue weighted by atomic mass is 19.4. The third-order valence-corrected chi connectivity index (χ3v) is 1.89. The van der Waals surface area contributed by atoms with Crippen molar-refractivity contribution < 1.29 is 33.0 Å². The second-order valence-electron chi connectivity index (χ2n) is 3.25. The standard InChI is InChI=1S/C8H6N2O2.C2HF3O2/c11-8(12)6-3-5-1-2-9-7(5)10-4-6;3-2(4,5)1(6)7/h1-4H,(H,9,10)(H,11,12);(H,6,7). The Balaban J connectivity index is 0.000000224. The van der Waals surface area contributed by atoms with Crippen molar-refractivity contribution in [1.29, 1.82) is 0 Å². The molecular weight excluding hydrogens is 269 g/mol. The van der Waals surface area contributed by atoms with Gasteiger partial charge in [0.2, 0.25) is 0 Å². The van der Waals surface area contributed by atoms with Crippen molar-refractivity contribution in [2.24, 2.45) is 0 Å². The summed E-state index contributed by atoms with van der Waals surface area (Å²) in [6.45, 7) is 0. The lowest BCUT2D eigenvalue weighted by atomic mass is 10.2. The minimum atomic E-state index is -5.08. The fraction of sp³-hybridized carbons (Fsp3) is 0.100. The smallest absolute Gasteiger partial charge is 0.478 e.